The molecule has 0 N–H and O–H groups in total. The zero-order valence-electron chi connectivity index (χ0n) is 8.49. The summed E-state index contributed by atoms with van der Waals surface area (Å²) in [4.78, 5) is 4.13. The number of hydrogen-bond acceptors (Lipinski definition) is 2. The Morgan fingerprint density at radius 3 is 2.80 bits per heavy atom. The highest BCUT2D eigenvalue weighted by Crippen LogP contribution is 2.48. The zero-order chi connectivity index (χ0) is 10.8. The van der Waals surface area contributed by atoms with Crippen LogP contribution >= 0.6 is 0 Å². The van der Waals surface area contributed by atoms with Gasteiger partial charge in [0.15, 0.2) is 0 Å². The highest BCUT2D eigenvalue weighted by Gasteiger charge is 2.37. The number of nitrogens with zero attached hydrogens (tertiary/aromatic N) is 1. The van der Waals surface area contributed by atoms with Crippen LogP contribution in [0.5, 0.6) is 5.75 Å². The molecule has 1 aromatic heterocycles. The standard InChI is InChI=1S/C11H13F2NO/c1-2-7-5-9(7)10-4-3-8(6-14-10)15-11(12)13/h3-4,6-7,9,11H,2,5H2,1H3/t7-,9-/m0/s1. The first kappa shape index (κ1) is 10.3. The first-order valence-electron chi connectivity index (χ1n) is 5.11. The lowest BCUT2D eigenvalue weighted by Crippen LogP contribution is -2.02. The topological polar surface area (TPSA) is 22.1 Å². The van der Waals surface area contributed by atoms with Crippen molar-refractivity contribution in [3.05, 3.63) is 24.0 Å². The molecule has 0 unspecified atom stereocenters. The van der Waals surface area contributed by atoms with Crippen molar-refractivity contribution in [3.63, 3.8) is 0 Å². The van der Waals surface area contributed by atoms with Gasteiger partial charge in [-0.25, -0.2) is 0 Å². The van der Waals surface area contributed by atoms with Crippen molar-refractivity contribution in [3.8, 4) is 5.75 Å². The van der Waals surface area contributed by atoms with Crippen LogP contribution in [-0.4, -0.2) is 11.6 Å². The number of halogens is 2. The Hall–Kier alpha value is -1.19. The summed E-state index contributed by atoms with van der Waals surface area (Å²) in [5.74, 6) is 1.37. The van der Waals surface area contributed by atoms with Crippen molar-refractivity contribution in [2.24, 2.45) is 5.92 Å². The third-order valence-corrected chi connectivity index (χ3v) is 2.81. The number of ether oxygens (including phenoxy) is 1. The molecule has 1 aliphatic carbocycles. The number of aromatic nitrogens is 1. The van der Waals surface area contributed by atoms with Crippen LogP contribution in [0.3, 0.4) is 0 Å². The van der Waals surface area contributed by atoms with Crippen LogP contribution in [0.1, 0.15) is 31.4 Å². The lowest BCUT2D eigenvalue weighted by atomic mass is 10.2. The van der Waals surface area contributed by atoms with E-state index < -0.39 is 6.61 Å². The quantitative estimate of drug-likeness (QED) is 0.766. The summed E-state index contributed by atoms with van der Waals surface area (Å²) < 4.78 is 27.9. The smallest absolute Gasteiger partial charge is 0.387 e. The number of hydrogen-bond donors (Lipinski definition) is 0. The fourth-order valence-corrected chi connectivity index (χ4v) is 1.84. The normalized spacial score (nSPS) is 24.3. The van der Waals surface area contributed by atoms with Crippen molar-refractivity contribution in [2.75, 3.05) is 0 Å². The molecular formula is C11H13F2NO. The predicted octanol–water partition coefficient (Wildman–Crippen LogP) is 3.20. The van der Waals surface area contributed by atoms with Crippen LogP contribution < -0.4 is 4.74 Å². The van der Waals surface area contributed by atoms with Gasteiger partial charge in [0.25, 0.3) is 0 Å². The third kappa shape index (κ3) is 2.43. The van der Waals surface area contributed by atoms with Gasteiger partial charge >= 0.3 is 6.61 Å². The summed E-state index contributed by atoms with van der Waals surface area (Å²) >= 11 is 0. The van der Waals surface area contributed by atoms with Gasteiger partial charge in [-0.1, -0.05) is 13.3 Å². The molecule has 0 bridgehead atoms. The minimum Gasteiger partial charge on any atom is -0.433 e. The van der Waals surface area contributed by atoms with E-state index in [-0.39, 0.29) is 5.75 Å². The van der Waals surface area contributed by atoms with Crippen molar-refractivity contribution >= 4 is 0 Å². The molecule has 0 saturated heterocycles. The molecule has 1 saturated carbocycles. The van der Waals surface area contributed by atoms with Crippen LogP contribution in [0.4, 0.5) is 8.78 Å². The van der Waals surface area contributed by atoms with Crippen molar-refractivity contribution in [1.82, 2.24) is 4.98 Å². The minimum absolute atomic E-state index is 0.127. The Balaban J connectivity index is 1.99. The molecule has 82 valence electrons. The van der Waals surface area contributed by atoms with E-state index in [0.717, 1.165) is 18.0 Å². The maximum absolute atomic E-state index is 11.9. The summed E-state index contributed by atoms with van der Waals surface area (Å²) in [5, 5.41) is 0. The fourth-order valence-electron chi connectivity index (χ4n) is 1.84. The minimum atomic E-state index is -2.78. The first-order valence-corrected chi connectivity index (χ1v) is 5.11. The summed E-state index contributed by atoms with van der Waals surface area (Å²) in [6.45, 7) is -0.624. The molecule has 1 fully saturated rings. The largest absolute Gasteiger partial charge is 0.433 e. The molecule has 1 heterocycles. The van der Waals surface area contributed by atoms with Crippen LogP contribution in [0.15, 0.2) is 18.3 Å². The van der Waals surface area contributed by atoms with Gasteiger partial charge < -0.3 is 4.74 Å². The number of pyridine rings is 1. The molecule has 2 rings (SSSR count). The molecule has 4 heteroatoms. The fraction of sp³-hybridized carbons (Fsp3) is 0.545. The Kier molecular flexibility index (Phi) is 2.84. The van der Waals surface area contributed by atoms with Crippen LogP contribution in [-0.2, 0) is 0 Å². The number of rotatable bonds is 4. The molecule has 0 aliphatic heterocycles. The molecule has 0 spiro atoms. The Morgan fingerprint density at radius 2 is 2.33 bits per heavy atom. The second-order valence-corrected chi connectivity index (χ2v) is 3.81. The maximum Gasteiger partial charge on any atom is 0.387 e. The highest BCUT2D eigenvalue weighted by molar-refractivity contribution is 5.25. The van der Waals surface area contributed by atoms with Crippen molar-refractivity contribution < 1.29 is 13.5 Å². The summed E-state index contributed by atoms with van der Waals surface area (Å²) in [5.41, 5.74) is 0.989. The Bertz CT molecular complexity index is 326. The van der Waals surface area contributed by atoms with Gasteiger partial charge in [-0.15, -0.1) is 0 Å². The second-order valence-electron chi connectivity index (χ2n) is 3.81. The van der Waals surface area contributed by atoms with Crippen molar-refractivity contribution in [1.29, 1.82) is 0 Å². The lowest BCUT2D eigenvalue weighted by molar-refractivity contribution is -0.0500. The van der Waals surface area contributed by atoms with E-state index in [0.29, 0.717) is 5.92 Å². The van der Waals surface area contributed by atoms with Gasteiger partial charge in [-0.3, -0.25) is 4.98 Å². The van der Waals surface area contributed by atoms with E-state index in [1.165, 1.54) is 12.6 Å². The second kappa shape index (κ2) is 4.13. The molecule has 2 atom stereocenters. The molecular weight excluding hydrogens is 200 g/mol. The molecule has 1 aromatic rings. The summed E-state index contributed by atoms with van der Waals surface area (Å²) in [7, 11) is 0. The first-order chi connectivity index (χ1) is 7.20. The predicted molar refractivity (Wildman–Crippen MR) is 52.0 cm³/mol. The SMILES string of the molecule is CC[C@H]1C[C@@H]1c1ccc(OC(F)F)cn1. The maximum atomic E-state index is 11.9. The van der Waals surface area contributed by atoms with Gasteiger partial charge in [0.05, 0.1) is 6.20 Å². The molecule has 0 radical (unpaired) electrons. The third-order valence-electron chi connectivity index (χ3n) is 2.81. The van der Waals surface area contributed by atoms with E-state index >= 15 is 0 Å². The Labute approximate surface area is 87.3 Å². The number of alkyl halides is 2. The van der Waals surface area contributed by atoms with Gasteiger partial charge in [0.2, 0.25) is 0 Å². The molecule has 0 amide bonds. The monoisotopic (exact) mass is 213 g/mol. The highest BCUT2D eigenvalue weighted by atomic mass is 19.3. The van der Waals surface area contributed by atoms with Gasteiger partial charge in [0.1, 0.15) is 5.75 Å². The van der Waals surface area contributed by atoms with Crippen LogP contribution in [0, 0.1) is 5.92 Å². The van der Waals surface area contributed by atoms with E-state index in [9.17, 15) is 8.78 Å². The summed E-state index contributed by atoms with van der Waals surface area (Å²) in [6.07, 6.45) is 3.69. The van der Waals surface area contributed by atoms with E-state index in [4.69, 9.17) is 0 Å². The van der Waals surface area contributed by atoms with Crippen molar-refractivity contribution in [2.45, 2.75) is 32.3 Å². The zero-order valence-corrected chi connectivity index (χ0v) is 8.49. The van der Waals surface area contributed by atoms with Crippen LogP contribution in [0.25, 0.3) is 0 Å². The molecule has 15 heavy (non-hydrogen) atoms. The van der Waals surface area contributed by atoms with Gasteiger partial charge in [-0.05, 0) is 24.5 Å². The van der Waals surface area contributed by atoms with Gasteiger partial charge in [-0.2, -0.15) is 8.78 Å². The van der Waals surface area contributed by atoms with E-state index in [1.807, 2.05) is 0 Å². The molecule has 2 nitrogen and oxygen atoms in total. The van der Waals surface area contributed by atoms with E-state index in [2.05, 4.69) is 16.6 Å². The Morgan fingerprint density at radius 1 is 1.53 bits per heavy atom. The molecule has 1 aliphatic rings. The molecule has 0 aromatic carbocycles. The lowest BCUT2D eigenvalue weighted by Gasteiger charge is -2.04. The van der Waals surface area contributed by atoms with Crippen LogP contribution in [0.2, 0.25) is 0 Å². The summed E-state index contributed by atoms with van der Waals surface area (Å²) in [6, 6.07) is 3.33. The average Bonchev–Trinajstić information content (AvgIpc) is 2.97. The van der Waals surface area contributed by atoms with Gasteiger partial charge in [0, 0.05) is 11.6 Å². The average molecular weight is 213 g/mol. The van der Waals surface area contributed by atoms with E-state index in [1.54, 1.807) is 12.1 Å².